The molecule has 0 aliphatic heterocycles. The fourth-order valence-corrected chi connectivity index (χ4v) is 4.25. The number of fused-ring (bicyclic) bond motifs is 2. The van der Waals surface area contributed by atoms with Gasteiger partial charge in [-0.05, 0) is 55.5 Å². The molecular formula is C29H27N5O4. The maximum Gasteiger partial charge on any atom is 0.287 e. The molecule has 9 nitrogen and oxygen atoms in total. The molecule has 0 spiro atoms. The summed E-state index contributed by atoms with van der Waals surface area (Å²) >= 11 is 0. The molecule has 3 aromatic carbocycles. The normalized spacial score (nSPS) is 11.2. The fraction of sp³-hybridized carbons (Fsp3) is 0.138. The van der Waals surface area contributed by atoms with Gasteiger partial charge >= 0.3 is 0 Å². The monoisotopic (exact) mass is 509 g/mol. The van der Waals surface area contributed by atoms with Crippen molar-refractivity contribution in [3.8, 4) is 17.2 Å². The number of methoxy groups -OCH3 is 3. The molecular weight excluding hydrogens is 482 g/mol. The third-order valence-electron chi connectivity index (χ3n) is 6.11. The number of nitrogens with zero attached hydrogens (tertiary/aromatic N) is 2. The lowest BCUT2D eigenvalue weighted by molar-refractivity contribution is 0.0951. The number of carbonyl (C=O) groups is 1. The number of amides is 1. The summed E-state index contributed by atoms with van der Waals surface area (Å²) in [6, 6.07) is 20.8. The zero-order valence-corrected chi connectivity index (χ0v) is 21.5. The summed E-state index contributed by atoms with van der Waals surface area (Å²) in [5.74, 6) is 1.62. The van der Waals surface area contributed by atoms with E-state index < -0.39 is 0 Å². The van der Waals surface area contributed by atoms with E-state index in [0.717, 1.165) is 44.6 Å². The molecule has 0 aliphatic carbocycles. The van der Waals surface area contributed by atoms with Crippen LogP contribution in [0.1, 0.15) is 21.7 Å². The molecule has 0 radical (unpaired) electrons. The Labute approximate surface area is 219 Å². The molecule has 0 saturated carbocycles. The highest BCUT2D eigenvalue weighted by atomic mass is 16.5. The molecule has 0 atom stereocenters. The van der Waals surface area contributed by atoms with Gasteiger partial charge in [-0.25, -0.2) is 10.4 Å². The van der Waals surface area contributed by atoms with Crippen LogP contribution >= 0.6 is 0 Å². The number of aromatic amines is 1. The number of carbonyl (C=O) groups excluding carboxylic acids is 1. The predicted octanol–water partition coefficient (Wildman–Crippen LogP) is 5.56. The molecule has 1 amide bonds. The number of hydrogen-bond donors (Lipinski definition) is 3. The minimum Gasteiger partial charge on any atom is -0.497 e. The van der Waals surface area contributed by atoms with Crippen molar-refractivity contribution in [1.29, 1.82) is 0 Å². The summed E-state index contributed by atoms with van der Waals surface area (Å²) < 4.78 is 16.1. The first-order chi connectivity index (χ1) is 18.5. The Bertz CT molecular complexity index is 1680. The molecule has 0 saturated heterocycles. The first-order valence-electron chi connectivity index (χ1n) is 11.9. The maximum absolute atomic E-state index is 12.7. The minimum atomic E-state index is -0.359. The molecule has 9 heteroatoms. The van der Waals surface area contributed by atoms with E-state index in [1.54, 1.807) is 45.6 Å². The largest absolute Gasteiger partial charge is 0.497 e. The first kappa shape index (κ1) is 24.6. The summed E-state index contributed by atoms with van der Waals surface area (Å²) in [6.45, 7) is 1.95. The van der Waals surface area contributed by atoms with Gasteiger partial charge in [0.05, 0.1) is 27.5 Å². The van der Waals surface area contributed by atoms with Crippen molar-refractivity contribution in [3.05, 3.63) is 83.7 Å². The van der Waals surface area contributed by atoms with Gasteiger partial charge in [-0.15, -0.1) is 0 Å². The Morgan fingerprint density at radius 2 is 1.79 bits per heavy atom. The number of para-hydroxylation sites is 1. The number of benzene rings is 3. The number of pyridine rings is 1. The quantitative estimate of drug-likeness (QED) is 0.187. The molecule has 0 aliphatic rings. The average molecular weight is 510 g/mol. The summed E-state index contributed by atoms with van der Waals surface area (Å²) in [6.07, 6.45) is 1.52. The molecule has 0 bridgehead atoms. The van der Waals surface area contributed by atoms with Gasteiger partial charge in [-0.2, -0.15) is 5.10 Å². The van der Waals surface area contributed by atoms with E-state index in [9.17, 15) is 4.79 Å². The average Bonchev–Trinajstić information content (AvgIpc) is 3.36. The van der Waals surface area contributed by atoms with Crippen LogP contribution in [0.2, 0.25) is 0 Å². The Morgan fingerprint density at radius 1 is 0.947 bits per heavy atom. The van der Waals surface area contributed by atoms with E-state index in [-0.39, 0.29) is 5.91 Å². The first-order valence-corrected chi connectivity index (χ1v) is 11.9. The smallest absolute Gasteiger partial charge is 0.287 e. The van der Waals surface area contributed by atoms with E-state index in [4.69, 9.17) is 14.2 Å². The van der Waals surface area contributed by atoms with Gasteiger partial charge in [0.1, 0.15) is 28.5 Å². The lowest BCUT2D eigenvalue weighted by Crippen LogP contribution is -2.17. The van der Waals surface area contributed by atoms with Crippen LogP contribution in [0.4, 0.5) is 11.4 Å². The van der Waals surface area contributed by atoms with Crippen molar-refractivity contribution < 1.29 is 19.0 Å². The minimum absolute atomic E-state index is 0.359. The number of H-pyrrole nitrogens is 1. The Hall–Kier alpha value is -5.05. The predicted molar refractivity (Wildman–Crippen MR) is 149 cm³/mol. The SMILES string of the molecule is COc1ccc(/C=N/NC(=O)c2cc3cc(Nc4cc(C)nc5c(OC)cccc45)ccc3[nH]2)c(OC)c1. The molecule has 192 valence electrons. The molecule has 2 heterocycles. The van der Waals surface area contributed by atoms with Crippen molar-refractivity contribution in [3.63, 3.8) is 0 Å². The van der Waals surface area contributed by atoms with E-state index >= 15 is 0 Å². The topological polar surface area (TPSA) is 110 Å². The van der Waals surface area contributed by atoms with Crippen LogP contribution in [0.5, 0.6) is 17.2 Å². The van der Waals surface area contributed by atoms with Crippen molar-refractivity contribution in [2.24, 2.45) is 5.10 Å². The molecule has 5 aromatic rings. The molecule has 5 rings (SSSR count). The van der Waals surface area contributed by atoms with Crippen LogP contribution in [-0.4, -0.2) is 43.4 Å². The van der Waals surface area contributed by atoms with E-state index in [0.29, 0.717) is 22.8 Å². The van der Waals surface area contributed by atoms with Crippen molar-refractivity contribution in [2.45, 2.75) is 6.92 Å². The summed E-state index contributed by atoms with van der Waals surface area (Å²) in [5, 5.41) is 9.41. The summed E-state index contributed by atoms with van der Waals surface area (Å²) in [7, 11) is 4.79. The second-order valence-corrected chi connectivity index (χ2v) is 8.58. The zero-order valence-electron chi connectivity index (χ0n) is 21.5. The van der Waals surface area contributed by atoms with Gasteiger partial charge in [0, 0.05) is 45.0 Å². The van der Waals surface area contributed by atoms with Gasteiger partial charge < -0.3 is 24.5 Å². The van der Waals surface area contributed by atoms with Crippen molar-refractivity contribution in [2.75, 3.05) is 26.6 Å². The van der Waals surface area contributed by atoms with Crippen LogP contribution in [0, 0.1) is 6.92 Å². The van der Waals surface area contributed by atoms with Crippen molar-refractivity contribution in [1.82, 2.24) is 15.4 Å². The molecule has 0 unspecified atom stereocenters. The number of nitrogens with one attached hydrogen (secondary N) is 3. The summed E-state index contributed by atoms with van der Waals surface area (Å²) in [4.78, 5) is 20.5. The third kappa shape index (κ3) is 4.94. The second-order valence-electron chi connectivity index (χ2n) is 8.58. The highest BCUT2D eigenvalue weighted by Gasteiger charge is 2.12. The molecule has 38 heavy (non-hydrogen) atoms. The van der Waals surface area contributed by atoms with Crippen molar-refractivity contribution >= 4 is 45.3 Å². The Morgan fingerprint density at radius 3 is 2.58 bits per heavy atom. The number of ether oxygens (including phenoxy) is 3. The standard InChI is InChI=1S/C29H27N5O4/c1-17-12-24(22-6-5-7-26(37-3)28(22)31-17)32-20-9-11-23-19(13-20)14-25(33-23)29(35)34-30-16-18-8-10-21(36-2)15-27(18)38-4/h5-16,33H,1-4H3,(H,31,32)(H,34,35)/b30-16+. The number of hydrazone groups is 1. The number of anilines is 2. The lowest BCUT2D eigenvalue weighted by atomic mass is 10.1. The lowest BCUT2D eigenvalue weighted by Gasteiger charge is -2.13. The third-order valence-corrected chi connectivity index (χ3v) is 6.11. The summed E-state index contributed by atoms with van der Waals surface area (Å²) in [5.41, 5.74) is 7.96. The van der Waals surface area contributed by atoms with Crippen LogP contribution in [0.3, 0.4) is 0 Å². The number of aromatic nitrogens is 2. The molecule has 2 aromatic heterocycles. The van der Waals surface area contributed by atoms with Gasteiger partial charge in [-0.3, -0.25) is 4.79 Å². The maximum atomic E-state index is 12.7. The van der Waals surface area contributed by atoms with Gasteiger partial charge in [0.2, 0.25) is 0 Å². The molecule has 3 N–H and O–H groups in total. The highest BCUT2D eigenvalue weighted by molar-refractivity contribution is 6.00. The zero-order chi connectivity index (χ0) is 26.6. The Kier molecular flexibility index (Phi) is 6.82. The number of aryl methyl sites for hydroxylation is 1. The van der Waals surface area contributed by atoms with Crippen LogP contribution in [0.25, 0.3) is 21.8 Å². The Balaban J connectivity index is 1.35. The van der Waals surface area contributed by atoms with Gasteiger partial charge in [0.15, 0.2) is 0 Å². The van der Waals surface area contributed by atoms with Crippen LogP contribution in [0.15, 0.2) is 71.8 Å². The van der Waals surface area contributed by atoms with Gasteiger partial charge in [0.25, 0.3) is 5.91 Å². The number of hydrogen-bond acceptors (Lipinski definition) is 7. The van der Waals surface area contributed by atoms with Crippen LogP contribution in [-0.2, 0) is 0 Å². The highest BCUT2D eigenvalue weighted by Crippen LogP contribution is 2.32. The van der Waals surface area contributed by atoms with E-state index in [1.807, 2.05) is 49.4 Å². The van der Waals surface area contributed by atoms with Crippen LogP contribution < -0.4 is 25.0 Å². The van der Waals surface area contributed by atoms with E-state index in [2.05, 4.69) is 25.8 Å². The number of rotatable bonds is 8. The fourth-order valence-electron chi connectivity index (χ4n) is 4.25. The van der Waals surface area contributed by atoms with Gasteiger partial charge in [-0.1, -0.05) is 12.1 Å². The van der Waals surface area contributed by atoms with E-state index in [1.165, 1.54) is 6.21 Å². The molecule has 0 fully saturated rings. The second kappa shape index (κ2) is 10.5.